The largest absolute Gasteiger partial charge is 0.505 e. The van der Waals surface area contributed by atoms with Gasteiger partial charge in [-0.15, -0.1) is 0 Å². The molecule has 3 aliphatic heterocycles. The molecule has 7 rings (SSSR count). The number of Topliss-reactive ketones (excluding diaryl/α,β-unsaturated/α-hetero) is 1. The number of allylic oxidation sites excluding steroid dienone is 2. The second-order valence-corrected chi connectivity index (χ2v) is 16.1. The van der Waals surface area contributed by atoms with Crippen LogP contribution in [0, 0.1) is 30.6 Å². The second-order valence-electron chi connectivity index (χ2n) is 16.1. The van der Waals surface area contributed by atoms with Crippen LogP contribution >= 0.6 is 0 Å². The molecule has 15 nitrogen and oxygen atoms in total. The molecule has 9 atom stereocenters. The van der Waals surface area contributed by atoms with Crippen molar-refractivity contribution >= 4 is 56.2 Å². The number of ether oxygens (including phenoxy) is 5. The van der Waals surface area contributed by atoms with Gasteiger partial charge in [-0.3, -0.25) is 19.2 Å². The van der Waals surface area contributed by atoms with Gasteiger partial charge >= 0.3 is 11.8 Å². The summed E-state index contributed by atoms with van der Waals surface area (Å²) in [4.78, 5) is 60.2. The van der Waals surface area contributed by atoms with Gasteiger partial charge in [0.05, 0.1) is 64.7 Å². The van der Waals surface area contributed by atoms with Gasteiger partial charge in [0.15, 0.2) is 11.2 Å². The highest BCUT2D eigenvalue weighted by Crippen LogP contribution is 2.48. The Bertz CT molecular complexity index is 2560. The van der Waals surface area contributed by atoms with Crippen molar-refractivity contribution in [2.24, 2.45) is 30.7 Å². The number of aromatic nitrogens is 2. The van der Waals surface area contributed by atoms with Gasteiger partial charge in [-0.1, -0.05) is 45.9 Å². The number of aliphatic hydroxyl groups excluding tert-OH is 2. The number of aromatic hydroxyl groups is 1. The Balaban J connectivity index is 1.62. The van der Waals surface area contributed by atoms with Crippen LogP contribution in [0.25, 0.3) is 32.8 Å². The minimum atomic E-state index is -2.02. The molecule has 0 radical (unpaired) electrons. The van der Waals surface area contributed by atoms with E-state index in [1.807, 2.05) is 0 Å². The Morgan fingerprint density at radius 2 is 1.68 bits per heavy atom. The lowest BCUT2D eigenvalue weighted by molar-refractivity contribution is -0.160. The maximum Gasteiger partial charge on any atom is 0.312 e. The number of carbonyl (C=O) groups is 3. The quantitative estimate of drug-likeness (QED) is 0.0842. The first-order valence-electron chi connectivity index (χ1n) is 19.8. The number of fused-ring (bicyclic) bond motifs is 14. The molecule has 0 saturated heterocycles. The number of amides is 1. The molecular weight excluding hydrogens is 775 g/mol. The fraction of sp³-hybridized carbons (Fsp3) is 0.444. The number of hydrogen-bond acceptors (Lipinski definition) is 13. The molecule has 4 heterocycles. The third kappa shape index (κ3) is 7.50. The van der Waals surface area contributed by atoms with Gasteiger partial charge in [0.2, 0.25) is 0 Å². The molecule has 5 bridgehead atoms. The van der Waals surface area contributed by atoms with Crippen LogP contribution < -0.4 is 20.2 Å². The number of carbonyl (C=O) groups excluding carboxylic acids is 3. The fourth-order valence-corrected chi connectivity index (χ4v) is 8.36. The van der Waals surface area contributed by atoms with E-state index in [1.165, 1.54) is 53.4 Å². The summed E-state index contributed by atoms with van der Waals surface area (Å²) in [6, 6.07) is 5.15. The van der Waals surface area contributed by atoms with Crippen LogP contribution in [0.15, 0.2) is 59.1 Å². The number of benzene rings is 3. The van der Waals surface area contributed by atoms with Crippen LogP contribution in [0.1, 0.15) is 64.4 Å². The predicted molar refractivity (Wildman–Crippen MR) is 225 cm³/mol. The van der Waals surface area contributed by atoms with Crippen LogP contribution in [0.4, 0.5) is 5.69 Å². The SMILES string of the molecule is COc1ccc2nc3c4c5c6c(C)c(=O)c4c(O)c(c3n(C)c2c1)NC(=O)/C(C)=C\C=C\[C@H](C)[C@H](O)[C@@H](C)[C@@H](O)[C@@H](C)[C@H](OC(C)=O)[C@H](C)[C@@H](OC)/C=C/O[C@@](C)(O6)C5=O. The van der Waals surface area contributed by atoms with Crippen molar-refractivity contribution in [3.8, 4) is 17.2 Å². The molecular formula is C45H53N3O12. The van der Waals surface area contributed by atoms with Gasteiger partial charge in [0.25, 0.3) is 11.7 Å². The van der Waals surface area contributed by atoms with Crippen molar-refractivity contribution in [2.75, 3.05) is 19.5 Å². The zero-order valence-electron chi connectivity index (χ0n) is 35.6. The normalized spacial score (nSPS) is 29.8. The molecule has 60 heavy (non-hydrogen) atoms. The van der Waals surface area contributed by atoms with Crippen molar-refractivity contribution in [1.29, 1.82) is 0 Å². The average molecular weight is 828 g/mol. The molecule has 1 aromatic heterocycles. The van der Waals surface area contributed by atoms with E-state index in [0.29, 0.717) is 16.8 Å². The first kappa shape index (κ1) is 43.8. The minimum absolute atomic E-state index is 0.00677. The Morgan fingerprint density at radius 3 is 2.33 bits per heavy atom. The summed E-state index contributed by atoms with van der Waals surface area (Å²) in [6.45, 7) is 12.6. The number of nitrogens with zero attached hydrogens (tertiary/aromatic N) is 2. The van der Waals surface area contributed by atoms with Crippen LogP contribution in [0.3, 0.4) is 0 Å². The minimum Gasteiger partial charge on any atom is -0.505 e. The highest BCUT2D eigenvalue weighted by molar-refractivity contribution is 6.27. The van der Waals surface area contributed by atoms with Gasteiger partial charge in [-0.25, -0.2) is 4.98 Å². The molecule has 15 heteroatoms. The fourth-order valence-electron chi connectivity index (χ4n) is 8.36. The molecule has 4 N–H and O–H groups in total. The topological polar surface area (TPSA) is 205 Å². The van der Waals surface area contributed by atoms with Crippen molar-refractivity contribution in [1.82, 2.24) is 9.55 Å². The third-order valence-electron chi connectivity index (χ3n) is 12.1. The summed E-state index contributed by atoms with van der Waals surface area (Å²) in [6.07, 6.45) is 3.72. The number of aliphatic hydroxyl groups is 2. The van der Waals surface area contributed by atoms with E-state index in [9.17, 15) is 34.5 Å². The first-order valence-corrected chi connectivity index (χ1v) is 19.8. The third-order valence-corrected chi connectivity index (χ3v) is 12.1. The highest BCUT2D eigenvalue weighted by atomic mass is 16.7. The molecule has 320 valence electrons. The Hall–Kier alpha value is -5.77. The van der Waals surface area contributed by atoms with Crippen LogP contribution in [-0.4, -0.2) is 87.0 Å². The lowest BCUT2D eigenvalue weighted by Gasteiger charge is -2.38. The van der Waals surface area contributed by atoms with Crippen molar-refractivity contribution in [2.45, 2.75) is 85.6 Å². The summed E-state index contributed by atoms with van der Waals surface area (Å²) < 4.78 is 31.0. The lowest BCUT2D eigenvalue weighted by atomic mass is 9.78. The van der Waals surface area contributed by atoms with Gasteiger partial charge in [-0.05, 0) is 32.1 Å². The molecule has 4 aromatic rings. The maximum atomic E-state index is 14.7. The number of ketones is 1. The van der Waals surface area contributed by atoms with Crippen molar-refractivity contribution in [3.05, 3.63) is 75.7 Å². The highest BCUT2D eigenvalue weighted by Gasteiger charge is 2.49. The van der Waals surface area contributed by atoms with E-state index >= 15 is 0 Å². The maximum absolute atomic E-state index is 14.7. The molecule has 0 fully saturated rings. The zero-order chi connectivity index (χ0) is 44.1. The predicted octanol–water partition coefficient (Wildman–Crippen LogP) is 5.75. The van der Waals surface area contributed by atoms with Gasteiger partial charge < -0.3 is 48.9 Å². The number of phenolic OH excluding ortho intramolecular Hbond substituents is 1. The van der Waals surface area contributed by atoms with E-state index in [4.69, 9.17) is 28.7 Å². The Kier molecular flexibility index (Phi) is 12.2. The average Bonchev–Trinajstić information content (AvgIpc) is 3.48. The van der Waals surface area contributed by atoms with Crippen molar-refractivity contribution < 1.29 is 53.4 Å². The Labute approximate surface area is 347 Å². The van der Waals surface area contributed by atoms with Gasteiger partial charge in [0, 0.05) is 74.3 Å². The second kappa shape index (κ2) is 16.7. The monoisotopic (exact) mass is 827 g/mol. The standard InChI is InChI=1S/C45H53N3O12/c1-20-13-12-14-21(2)44(55)47-35-36-34(46-28-16-15-27(56-10)19-29(28)48(36)9)31-32(40(35)53)39(52)25(6)42-33(31)43(54)45(8,60-42)58-18-17-30(57-11)22(3)41(59-26(7)49)24(5)38(51)23(4)37(20)50/h12-20,22-24,30,37-38,41,50-51,53H,1-11H3,(H,47,55)/b13-12+,18-17+,21-14-/t20-,22+,23+,24+,30-,37-,38+,41+,45-/m0/s1. The number of nitrogens with one attached hydrogen (secondary N) is 1. The van der Waals surface area contributed by atoms with E-state index in [0.717, 1.165) is 0 Å². The van der Waals surface area contributed by atoms with Gasteiger partial charge in [0.1, 0.15) is 23.3 Å². The summed E-state index contributed by atoms with van der Waals surface area (Å²) in [5.74, 6) is -6.48. The molecule has 3 aliphatic rings. The molecule has 0 aliphatic carbocycles. The Morgan fingerprint density at radius 1 is 0.983 bits per heavy atom. The van der Waals surface area contributed by atoms with E-state index in [-0.39, 0.29) is 49.9 Å². The van der Waals surface area contributed by atoms with Crippen LogP contribution in [0.5, 0.6) is 17.2 Å². The summed E-state index contributed by atoms with van der Waals surface area (Å²) in [5, 5.41) is 37.6. The van der Waals surface area contributed by atoms with E-state index in [2.05, 4.69) is 5.32 Å². The first-order chi connectivity index (χ1) is 28.3. The number of aryl methyl sites for hydroxylation is 1. The van der Waals surface area contributed by atoms with Crippen molar-refractivity contribution in [3.63, 3.8) is 0 Å². The number of methoxy groups -OCH3 is 2. The van der Waals surface area contributed by atoms with Gasteiger partial charge in [-0.2, -0.15) is 0 Å². The van der Waals surface area contributed by atoms with E-state index in [1.54, 1.807) is 76.6 Å². The molecule has 0 spiro atoms. The number of rotatable bonds is 3. The molecule has 0 unspecified atom stereocenters. The smallest absolute Gasteiger partial charge is 0.312 e. The number of esters is 1. The number of anilines is 1. The number of phenols is 1. The number of hydrogen-bond donors (Lipinski definition) is 4. The van der Waals surface area contributed by atoms with Crippen LogP contribution in [0.2, 0.25) is 0 Å². The molecule has 3 aromatic carbocycles. The van der Waals surface area contributed by atoms with Crippen LogP contribution in [-0.2, 0) is 30.8 Å². The summed E-state index contributed by atoms with van der Waals surface area (Å²) in [5.41, 5.74) is 0.713. The molecule has 1 amide bonds. The van der Waals surface area contributed by atoms with E-state index < -0.39 is 82.7 Å². The zero-order valence-corrected chi connectivity index (χ0v) is 35.6. The lowest BCUT2D eigenvalue weighted by Crippen LogP contribution is -2.46. The summed E-state index contributed by atoms with van der Waals surface area (Å²) >= 11 is 0. The summed E-state index contributed by atoms with van der Waals surface area (Å²) in [7, 11) is 4.66. The molecule has 0 saturated carbocycles.